The molecule has 6 rings (SSSR count). The Kier molecular flexibility index (Phi) is 13.1. The Morgan fingerprint density at radius 3 is 1.28 bits per heavy atom. The SMILES string of the molecule is O=C(Nc1ccc2c(O)c(N=Nc3ccccc3[O-])c(S(=O)(=O)O)cc2c1)Nc1ccc2c(O)c(N=Nc3ccccc3[O-])c(S(=O)(=O)O)cc2c1.[Na+].[Na+]. The second-order valence-electron chi connectivity index (χ2n) is 10.9. The number of hydrogen-bond donors (Lipinski definition) is 6. The molecule has 0 fully saturated rings. The van der Waals surface area contributed by atoms with Crippen molar-refractivity contribution in [2.45, 2.75) is 9.79 Å². The van der Waals surface area contributed by atoms with Gasteiger partial charge in [0.05, 0.1) is 11.4 Å². The Bertz CT molecular complexity index is 2550. The van der Waals surface area contributed by atoms with Crippen LogP contribution in [-0.2, 0) is 20.2 Å². The Morgan fingerprint density at radius 1 is 0.556 bits per heavy atom. The van der Waals surface area contributed by atoms with Crippen molar-refractivity contribution in [2.75, 3.05) is 10.6 Å². The molecule has 0 spiro atoms. The van der Waals surface area contributed by atoms with Crippen molar-refractivity contribution in [1.29, 1.82) is 0 Å². The van der Waals surface area contributed by atoms with Crippen LogP contribution in [-0.4, -0.2) is 42.2 Å². The van der Waals surface area contributed by atoms with E-state index in [0.717, 1.165) is 12.1 Å². The molecule has 17 nitrogen and oxygen atoms in total. The minimum atomic E-state index is -4.98. The molecule has 6 aromatic carbocycles. The molecule has 21 heteroatoms. The summed E-state index contributed by atoms with van der Waals surface area (Å²) in [5.41, 5.74) is -1.35. The normalized spacial score (nSPS) is 11.7. The summed E-state index contributed by atoms with van der Waals surface area (Å²) in [5.74, 6) is -2.40. The summed E-state index contributed by atoms with van der Waals surface area (Å²) in [4.78, 5) is 11.3. The van der Waals surface area contributed by atoms with Crippen LogP contribution in [0.1, 0.15) is 0 Å². The van der Waals surface area contributed by atoms with Crippen LogP contribution in [0.3, 0.4) is 0 Å². The van der Waals surface area contributed by atoms with E-state index in [-0.39, 0.29) is 103 Å². The molecule has 264 valence electrons. The zero-order chi connectivity index (χ0) is 37.4. The van der Waals surface area contributed by atoms with Crippen LogP contribution in [0, 0.1) is 0 Å². The van der Waals surface area contributed by atoms with Gasteiger partial charge in [0.25, 0.3) is 20.2 Å². The van der Waals surface area contributed by atoms with Gasteiger partial charge in [-0.15, -0.1) is 10.2 Å². The van der Waals surface area contributed by atoms with Crippen molar-refractivity contribution >= 4 is 81.9 Å². The smallest absolute Gasteiger partial charge is 0.871 e. The van der Waals surface area contributed by atoms with E-state index < -0.39 is 70.4 Å². The molecule has 0 heterocycles. The van der Waals surface area contributed by atoms with Gasteiger partial charge in [-0.2, -0.15) is 27.1 Å². The van der Waals surface area contributed by atoms with Crippen LogP contribution in [0.25, 0.3) is 21.5 Å². The largest absolute Gasteiger partial charge is 1.00 e. The van der Waals surface area contributed by atoms with Gasteiger partial charge in [0.15, 0.2) is 11.5 Å². The van der Waals surface area contributed by atoms with Gasteiger partial charge in [-0.05, 0) is 71.4 Å². The number of para-hydroxylation sites is 2. The van der Waals surface area contributed by atoms with E-state index in [0.29, 0.717) is 0 Å². The van der Waals surface area contributed by atoms with Gasteiger partial charge in [0.2, 0.25) is 0 Å². The first-order valence-corrected chi connectivity index (χ1v) is 17.5. The second-order valence-corrected chi connectivity index (χ2v) is 13.7. The fourth-order valence-corrected chi connectivity index (χ4v) is 6.34. The zero-order valence-electron chi connectivity index (χ0n) is 28.0. The maximum atomic E-state index is 12.9. The summed E-state index contributed by atoms with van der Waals surface area (Å²) in [6, 6.07) is 20.1. The third-order valence-electron chi connectivity index (χ3n) is 7.42. The maximum absolute atomic E-state index is 12.9. The molecule has 0 saturated carbocycles. The molecule has 54 heavy (non-hydrogen) atoms. The number of nitrogens with one attached hydrogen (secondary N) is 2. The number of azo groups is 2. The van der Waals surface area contributed by atoms with E-state index in [9.17, 15) is 51.2 Å². The number of phenols is 2. The standard InChI is InChI=1S/C33H24N6O11S2.2Na/c40-25-7-3-1-5-23(25)36-38-29-27(51(45,46)47)15-17-13-19(9-11-21(17)31(29)42)34-33(44)35-20-10-12-22-18(14-20)16-28(52(48,49)50)30(32(22)43)39-37-24-6-2-4-8-26(24)41;;/h1-16,40-43H,(H2,34,35,44)(H,45,46,47)(H,48,49,50);;/q;2*+1/p-2. The van der Waals surface area contributed by atoms with Crippen molar-refractivity contribution in [3.05, 3.63) is 97.1 Å². The van der Waals surface area contributed by atoms with Gasteiger partial charge in [0, 0.05) is 22.1 Å². The monoisotopic (exact) mass is 788 g/mol. The van der Waals surface area contributed by atoms with Crippen molar-refractivity contribution in [1.82, 2.24) is 0 Å². The fraction of sp³-hybridized carbons (Fsp3) is 0. The maximum Gasteiger partial charge on any atom is 1.00 e. The number of carbonyl (C=O) groups is 1. The average Bonchev–Trinajstić information content (AvgIpc) is 3.07. The first-order chi connectivity index (χ1) is 24.6. The number of aromatic hydroxyl groups is 2. The first kappa shape index (κ1) is 42.1. The molecule has 0 bridgehead atoms. The number of hydrogen-bond acceptors (Lipinski definition) is 13. The van der Waals surface area contributed by atoms with Crippen LogP contribution < -0.4 is 80.0 Å². The fourth-order valence-electron chi connectivity index (χ4n) is 5.03. The number of urea groups is 1. The van der Waals surface area contributed by atoms with Gasteiger partial charge in [-0.1, -0.05) is 47.9 Å². The number of fused-ring (bicyclic) bond motifs is 2. The molecule has 0 aromatic heterocycles. The molecule has 6 N–H and O–H groups in total. The molecule has 6 aromatic rings. The van der Waals surface area contributed by atoms with Crippen LogP contribution in [0.2, 0.25) is 0 Å². The Morgan fingerprint density at radius 2 is 0.926 bits per heavy atom. The molecular formula is C33H22N6Na2O11S2. The van der Waals surface area contributed by atoms with Gasteiger partial charge in [0.1, 0.15) is 21.2 Å². The number of amides is 2. The minimum Gasteiger partial charge on any atom is -0.871 e. The number of phenolic OH excluding ortho intramolecular Hbond substituents is 2. The summed E-state index contributed by atoms with van der Waals surface area (Å²) < 4.78 is 68.6. The average molecular weight is 789 g/mol. The van der Waals surface area contributed by atoms with Crippen LogP contribution in [0.5, 0.6) is 23.0 Å². The molecule has 0 radical (unpaired) electrons. The quantitative estimate of drug-likeness (QED) is 0.0703. The molecule has 0 aliphatic heterocycles. The van der Waals surface area contributed by atoms with Crippen molar-refractivity contribution in [3.8, 4) is 23.0 Å². The Hall–Kier alpha value is -4.67. The number of anilines is 2. The first-order valence-electron chi connectivity index (χ1n) is 14.6. The van der Waals surface area contributed by atoms with E-state index in [1.807, 2.05) is 0 Å². The Balaban J connectivity index is 0.00000325. The number of rotatable bonds is 8. The third kappa shape index (κ3) is 9.16. The summed E-state index contributed by atoms with van der Waals surface area (Å²) in [6.45, 7) is 0. The van der Waals surface area contributed by atoms with Gasteiger partial charge < -0.3 is 31.1 Å². The van der Waals surface area contributed by atoms with E-state index in [1.54, 1.807) is 0 Å². The summed E-state index contributed by atoms with van der Waals surface area (Å²) in [6.07, 6.45) is 0. The number of benzene rings is 6. The summed E-state index contributed by atoms with van der Waals surface area (Å²) in [7, 11) is -9.96. The van der Waals surface area contributed by atoms with Crippen molar-refractivity contribution in [3.63, 3.8) is 0 Å². The van der Waals surface area contributed by atoms with Gasteiger partial charge >= 0.3 is 65.1 Å². The van der Waals surface area contributed by atoms with E-state index >= 15 is 0 Å². The Labute approximate surface area is 350 Å². The van der Waals surface area contributed by atoms with Gasteiger partial charge in [-0.3, -0.25) is 9.11 Å². The molecule has 2 amide bonds. The molecule has 0 aliphatic rings. The summed E-state index contributed by atoms with van der Waals surface area (Å²) in [5, 5.41) is 65.9. The molecule has 0 saturated heterocycles. The molecule has 0 unspecified atom stereocenters. The predicted octanol–water partition coefficient (Wildman–Crippen LogP) is 0.528. The predicted molar refractivity (Wildman–Crippen MR) is 184 cm³/mol. The molecular weight excluding hydrogens is 767 g/mol. The summed E-state index contributed by atoms with van der Waals surface area (Å²) >= 11 is 0. The number of carbonyl (C=O) groups excluding carboxylic acids is 1. The molecule has 0 atom stereocenters. The van der Waals surface area contributed by atoms with Crippen LogP contribution in [0.4, 0.5) is 38.9 Å². The third-order valence-corrected chi connectivity index (χ3v) is 9.15. The van der Waals surface area contributed by atoms with E-state index in [1.165, 1.54) is 84.9 Å². The zero-order valence-corrected chi connectivity index (χ0v) is 33.6. The minimum absolute atomic E-state index is 0. The van der Waals surface area contributed by atoms with E-state index in [2.05, 4.69) is 31.1 Å². The topological polar surface area (TPSA) is 286 Å². The van der Waals surface area contributed by atoms with Crippen LogP contribution >= 0.6 is 0 Å². The van der Waals surface area contributed by atoms with Crippen LogP contribution in [0.15, 0.2) is 127 Å². The van der Waals surface area contributed by atoms with E-state index in [4.69, 9.17) is 0 Å². The van der Waals surface area contributed by atoms with Gasteiger partial charge in [-0.25, -0.2) is 4.79 Å². The van der Waals surface area contributed by atoms with Crippen molar-refractivity contribution < 1.29 is 110 Å². The van der Waals surface area contributed by atoms with Crippen molar-refractivity contribution in [2.24, 2.45) is 20.5 Å². The number of nitrogens with zero attached hydrogens (tertiary/aromatic N) is 4. The molecule has 0 aliphatic carbocycles. The second kappa shape index (κ2) is 16.8.